The summed E-state index contributed by atoms with van der Waals surface area (Å²) in [6.45, 7) is 13.1. The standard InChI is InChI=1S/C10H15.2C2H4O2.CH3O.Ti/c1-7-6-10(4,5)9(3)8(7)2;2*1-2(3)4;1-2;/h1-5H3;2*1H3,(H,3,4);1H3;/q-1;;;-1;+2. The molecule has 0 radical (unpaired) electrons. The molecule has 0 unspecified atom stereocenters. The zero-order valence-electron chi connectivity index (χ0n) is 14.1. The van der Waals surface area contributed by atoms with Crippen molar-refractivity contribution in [2.24, 2.45) is 5.41 Å². The van der Waals surface area contributed by atoms with Gasteiger partial charge in [-0.3, -0.25) is 15.7 Å². The van der Waals surface area contributed by atoms with E-state index < -0.39 is 11.9 Å². The van der Waals surface area contributed by atoms with Crippen LogP contribution in [0.2, 0.25) is 0 Å². The molecule has 0 aliphatic heterocycles. The topological polar surface area (TPSA) is 97.7 Å². The first-order valence-electron chi connectivity index (χ1n) is 6.01. The van der Waals surface area contributed by atoms with Crippen LogP contribution in [0, 0.1) is 11.5 Å². The van der Waals surface area contributed by atoms with E-state index in [-0.39, 0.29) is 27.1 Å². The van der Waals surface area contributed by atoms with Crippen molar-refractivity contribution >= 4 is 11.9 Å². The molecule has 0 aromatic heterocycles. The van der Waals surface area contributed by atoms with Crippen LogP contribution < -0.4 is 5.11 Å². The largest absolute Gasteiger partial charge is 2.00 e. The smallest absolute Gasteiger partial charge is 0.857 e. The molecular weight excluding hydrogens is 308 g/mol. The van der Waals surface area contributed by atoms with Crippen LogP contribution in [-0.4, -0.2) is 29.3 Å². The van der Waals surface area contributed by atoms with Gasteiger partial charge < -0.3 is 15.3 Å². The summed E-state index contributed by atoms with van der Waals surface area (Å²) in [5.74, 6) is -1.67. The van der Waals surface area contributed by atoms with Gasteiger partial charge in [-0.2, -0.15) is 18.3 Å². The predicted octanol–water partition coefficient (Wildman–Crippen LogP) is 2.27. The number of rotatable bonds is 0. The normalized spacial score (nSPS) is 13.9. The summed E-state index contributed by atoms with van der Waals surface area (Å²) >= 11 is 0. The van der Waals surface area contributed by atoms with E-state index in [0.717, 1.165) is 21.0 Å². The first-order chi connectivity index (χ1) is 8.91. The van der Waals surface area contributed by atoms with Crippen molar-refractivity contribution in [3.63, 3.8) is 0 Å². The van der Waals surface area contributed by atoms with Crippen LogP contribution in [0.25, 0.3) is 0 Å². The van der Waals surface area contributed by atoms with Gasteiger partial charge in [0.1, 0.15) is 0 Å². The Labute approximate surface area is 142 Å². The summed E-state index contributed by atoms with van der Waals surface area (Å²) in [5.41, 5.74) is 4.39. The van der Waals surface area contributed by atoms with E-state index in [2.05, 4.69) is 40.7 Å². The molecule has 6 heteroatoms. The maximum absolute atomic E-state index is 9.00. The molecule has 1 rings (SSSR count). The average Bonchev–Trinajstić information content (AvgIpc) is 2.43. The van der Waals surface area contributed by atoms with Crippen LogP contribution in [0.15, 0.2) is 16.7 Å². The minimum absolute atomic E-state index is 0. The Hall–Kier alpha value is -0.906. The third-order valence-electron chi connectivity index (χ3n) is 2.56. The van der Waals surface area contributed by atoms with Crippen molar-refractivity contribution in [1.29, 1.82) is 0 Å². The number of carboxylic acid groups (broad SMARTS) is 2. The SMILES string of the molecule is CC(=O)O.CC(=O)O.CC1=[C-]C(C)(C)C(C)=C1C.C[O-].[Ti+2]. The molecule has 0 aromatic carbocycles. The van der Waals surface area contributed by atoms with Crippen molar-refractivity contribution in [3.8, 4) is 0 Å². The van der Waals surface area contributed by atoms with Gasteiger partial charge in [-0.15, -0.1) is 6.92 Å². The van der Waals surface area contributed by atoms with E-state index >= 15 is 0 Å². The first kappa shape index (κ1) is 28.3. The van der Waals surface area contributed by atoms with Crippen molar-refractivity contribution in [1.82, 2.24) is 0 Å². The number of allylic oxidation sites excluding steroid dienone is 4. The second-order valence-electron chi connectivity index (χ2n) is 4.66. The molecule has 1 aliphatic rings. The summed E-state index contributed by atoms with van der Waals surface area (Å²) < 4.78 is 0. The van der Waals surface area contributed by atoms with E-state index in [9.17, 15) is 0 Å². The van der Waals surface area contributed by atoms with Crippen LogP contribution in [0.5, 0.6) is 0 Å². The zero-order chi connectivity index (χ0) is 17.1. The zero-order valence-corrected chi connectivity index (χ0v) is 15.7. The number of hydrogen-bond acceptors (Lipinski definition) is 3. The first-order valence-corrected chi connectivity index (χ1v) is 6.01. The second-order valence-corrected chi connectivity index (χ2v) is 4.66. The summed E-state index contributed by atoms with van der Waals surface area (Å²) in [7, 11) is 0.750. The molecule has 0 heterocycles. The van der Waals surface area contributed by atoms with Crippen molar-refractivity contribution in [2.45, 2.75) is 48.5 Å². The van der Waals surface area contributed by atoms with E-state index in [0.29, 0.717) is 0 Å². The molecule has 2 N–H and O–H groups in total. The number of carboxylic acids is 2. The molecule has 0 atom stereocenters. The molecule has 0 saturated heterocycles. The molecule has 0 fully saturated rings. The van der Waals surface area contributed by atoms with Gasteiger partial charge in [0.2, 0.25) is 0 Å². The van der Waals surface area contributed by atoms with Crippen LogP contribution >= 0.6 is 0 Å². The Balaban J connectivity index is -0.000000112. The molecule has 0 saturated carbocycles. The maximum atomic E-state index is 9.00. The minimum atomic E-state index is -0.833. The van der Waals surface area contributed by atoms with Gasteiger partial charge in [-0.25, -0.2) is 5.57 Å². The average molecular weight is 334 g/mol. The Morgan fingerprint density at radius 3 is 1.29 bits per heavy atom. The van der Waals surface area contributed by atoms with Crippen molar-refractivity contribution in [3.05, 3.63) is 22.8 Å². The quantitative estimate of drug-likeness (QED) is 0.523. The molecule has 1 aliphatic carbocycles. The van der Waals surface area contributed by atoms with Gasteiger partial charge in [0.15, 0.2) is 0 Å². The van der Waals surface area contributed by atoms with E-state index in [4.69, 9.17) is 24.9 Å². The van der Waals surface area contributed by atoms with Crippen LogP contribution in [0.1, 0.15) is 48.5 Å². The number of hydrogen-bond donors (Lipinski definition) is 2. The number of aliphatic carboxylic acids is 2. The van der Waals surface area contributed by atoms with Crippen LogP contribution in [0.4, 0.5) is 0 Å². The van der Waals surface area contributed by atoms with Crippen molar-refractivity contribution < 1.29 is 46.6 Å². The summed E-state index contributed by atoms with van der Waals surface area (Å²) in [5, 5.41) is 23.1. The fourth-order valence-corrected chi connectivity index (χ4v) is 1.41. The molecule has 21 heavy (non-hydrogen) atoms. The molecule has 5 nitrogen and oxygen atoms in total. The fourth-order valence-electron chi connectivity index (χ4n) is 1.41. The Morgan fingerprint density at radius 1 is 1.00 bits per heavy atom. The Bertz CT molecular complexity index is 362. The minimum Gasteiger partial charge on any atom is -0.857 e. The van der Waals surface area contributed by atoms with Gasteiger partial charge in [0.05, 0.1) is 0 Å². The van der Waals surface area contributed by atoms with Crippen molar-refractivity contribution in [2.75, 3.05) is 7.11 Å². The van der Waals surface area contributed by atoms with E-state index in [1.807, 2.05) is 0 Å². The van der Waals surface area contributed by atoms with Gasteiger partial charge in [-0.05, 0) is 0 Å². The molecule has 0 spiro atoms. The molecule has 0 amide bonds. The monoisotopic (exact) mass is 334 g/mol. The molecule has 0 aromatic rings. The Morgan fingerprint density at radius 2 is 1.24 bits per heavy atom. The van der Waals surface area contributed by atoms with E-state index in [1.54, 1.807) is 0 Å². The second kappa shape index (κ2) is 14.0. The Kier molecular flexibility index (Phi) is 18.9. The third kappa shape index (κ3) is 17.0. The van der Waals surface area contributed by atoms with E-state index in [1.165, 1.54) is 16.7 Å². The van der Waals surface area contributed by atoms with Crippen LogP contribution in [0.3, 0.4) is 0 Å². The summed E-state index contributed by atoms with van der Waals surface area (Å²) in [6.07, 6.45) is 3.44. The van der Waals surface area contributed by atoms with Gasteiger partial charge in [-0.1, -0.05) is 33.1 Å². The summed E-state index contributed by atoms with van der Waals surface area (Å²) in [4.78, 5) is 18.0. The summed E-state index contributed by atoms with van der Waals surface area (Å²) in [6, 6.07) is 0. The fraction of sp³-hybridized carbons (Fsp3) is 0.600. The van der Waals surface area contributed by atoms with Gasteiger partial charge in [0, 0.05) is 13.8 Å². The number of carbonyl (C=O) groups is 2. The molecule has 120 valence electrons. The maximum Gasteiger partial charge on any atom is 2.00 e. The van der Waals surface area contributed by atoms with Gasteiger partial charge in [0.25, 0.3) is 11.9 Å². The van der Waals surface area contributed by atoms with Gasteiger partial charge >= 0.3 is 21.7 Å². The third-order valence-corrected chi connectivity index (χ3v) is 2.56. The predicted molar refractivity (Wildman–Crippen MR) is 77.1 cm³/mol. The molecular formula is C15H26O5Ti. The van der Waals surface area contributed by atoms with Crippen LogP contribution in [-0.2, 0) is 31.3 Å². The molecule has 0 bridgehead atoms.